The maximum Gasteiger partial charge on any atom is 0.264 e. The van der Waals surface area contributed by atoms with Crippen molar-refractivity contribution in [1.82, 2.24) is 10.2 Å². The largest absolute Gasteiger partial charge is 0.350 e. The van der Waals surface area contributed by atoms with E-state index in [1.165, 1.54) is 17.0 Å². The Kier molecular flexibility index (Phi) is 9.46. The molecule has 3 aromatic carbocycles. The lowest BCUT2D eigenvalue weighted by Crippen LogP contribution is -2.54. The minimum Gasteiger partial charge on any atom is -0.350 e. The van der Waals surface area contributed by atoms with Gasteiger partial charge in [-0.2, -0.15) is 0 Å². The summed E-state index contributed by atoms with van der Waals surface area (Å²) in [4.78, 5) is 28.6. The summed E-state index contributed by atoms with van der Waals surface area (Å²) in [7, 11) is -4.11. The fourth-order valence-corrected chi connectivity index (χ4v) is 5.86. The van der Waals surface area contributed by atoms with Crippen LogP contribution in [-0.2, 0) is 26.2 Å². The smallest absolute Gasteiger partial charge is 0.264 e. The summed E-state index contributed by atoms with van der Waals surface area (Å²) >= 11 is 6.19. The average molecular weight is 570 g/mol. The minimum atomic E-state index is -4.11. The van der Waals surface area contributed by atoms with Crippen LogP contribution in [0.4, 0.5) is 5.69 Å². The third-order valence-corrected chi connectivity index (χ3v) is 8.04. The van der Waals surface area contributed by atoms with Crippen molar-refractivity contribution in [3.05, 3.63) is 94.5 Å². The molecule has 9 heteroatoms. The first kappa shape index (κ1) is 30.2. The number of hydrogen-bond acceptors (Lipinski definition) is 4. The van der Waals surface area contributed by atoms with Crippen LogP contribution >= 0.6 is 11.6 Å². The molecule has 3 rings (SSSR count). The van der Waals surface area contributed by atoms with Crippen molar-refractivity contribution >= 4 is 39.1 Å². The van der Waals surface area contributed by atoms with Gasteiger partial charge in [0.25, 0.3) is 10.0 Å². The van der Waals surface area contributed by atoms with Crippen LogP contribution < -0.4 is 9.62 Å². The Labute approximate surface area is 236 Å². The highest BCUT2D eigenvalue weighted by Crippen LogP contribution is 2.27. The first-order valence-corrected chi connectivity index (χ1v) is 14.5. The number of carbonyl (C=O) groups is 2. The molecule has 0 aliphatic heterocycles. The van der Waals surface area contributed by atoms with E-state index in [9.17, 15) is 18.0 Å². The number of hydrogen-bond donors (Lipinski definition) is 1. The normalized spacial score (nSPS) is 12.5. The monoisotopic (exact) mass is 569 g/mol. The van der Waals surface area contributed by atoms with E-state index in [1.807, 2.05) is 46.8 Å². The number of halogens is 1. The summed E-state index contributed by atoms with van der Waals surface area (Å²) in [6.07, 6.45) is 0. The van der Waals surface area contributed by atoms with Crippen LogP contribution in [0.25, 0.3) is 0 Å². The fourth-order valence-electron chi connectivity index (χ4n) is 4.23. The third kappa shape index (κ3) is 8.07. The summed E-state index contributed by atoms with van der Waals surface area (Å²) in [5.74, 6) is -0.869. The number of rotatable bonds is 9. The molecule has 2 amide bonds. The number of carbonyl (C=O) groups excluding carboxylic acids is 2. The molecule has 7 nitrogen and oxygen atoms in total. The topological polar surface area (TPSA) is 86.8 Å². The van der Waals surface area contributed by atoms with Crippen molar-refractivity contribution in [3.63, 3.8) is 0 Å². The maximum atomic E-state index is 14.0. The molecule has 1 atom stereocenters. The number of benzene rings is 3. The summed E-state index contributed by atoms with van der Waals surface area (Å²) < 4.78 is 28.8. The van der Waals surface area contributed by atoms with Gasteiger partial charge in [-0.25, -0.2) is 8.42 Å². The average Bonchev–Trinajstić information content (AvgIpc) is 2.84. The van der Waals surface area contributed by atoms with E-state index in [0.717, 1.165) is 21.0 Å². The van der Waals surface area contributed by atoms with Gasteiger partial charge in [0, 0.05) is 17.1 Å². The van der Waals surface area contributed by atoms with E-state index >= 15 is 0 Å². The Hall–Kier alpha value is -3.36. The van der Waals surface area contributed by atoms with Gasteiger partial charge in [0.2, 0.25) is 11.8 Å². The van der Waals surface area contributed by atoms with Crippen LogP contribution in [0, 0.1) is 13.8 Å². The Morgan fingerprint density at radius 3 is 2.10 bits per heavy atom. The zero-order valence-corrected chi connectivity index (χ0v) is 24.8. The standard InChI is InChI=1S/C30H36ClN3O4S/c1-21-15-22(2)17-26(16-21)34(39(37,38)27-13-8-7-9-14-27)20-28(35)33(19-24-11-10-12-25(31)18-24)23(3)29(36)32-30(4,5)6/h7-18,23H,19-20H2,1-6H3,(H,32,36)/t23-/m1/s1. The molecular weight excluding hydrogens is 534 g/mol. The number of sulfonamides is 1. The lowest BCUT2D eigenvalue weighted by Gasteiger charge is -2.33. The van der Waals surface area contributed by atoms with E-state index in [1.54, 1.807) is 55.5 Å². The highest BCUT2D eigenvalue weighted by Gasteiger charge is 2.33. The molecule has 1 N–H and O–H groups in total. The van der Waals surface area contributed by atoms with Gasteiger partial charge in [-0.05, 0) is 94.6 Å². The second kappa shape index (κ2) is 12.2. The van der Waals surface area contributed by atoms with Crippen molar-refractivity contribution < 1.29 is 18.0 Å². The van der Waals surface area contributed by atoms with Crippen LogP contribution in [0.15, 0.2) is 77.7 Å². The predicted octanol–water partition coefficient (Wildman–Crippen LogP) is 5.48. The fraction of sp³-hybridized carbons (Fsp3) is 0.333. The van der Waals surface area contributed by atoms with Gasteiger partial charge in [-0.3, -0.25) is 13.9 Å². The molecule has 208 valence electrons. The number of anilines is 1. The number of nitrogens with one attached hydrogen (secondary N) is 1. The van der Waals surface area contributed by atoms with Crippen LogP contribution in [-0.4, -0.2) is 43.3 Å². The molecule has 0 bridgehead atoms. The number of aryl methyl sites for hydroxylation is 2. The third-order valence-electron chi connectivity index (χ3n) is 6.01. The minimum absolute atomic E-state index is 0.0666. The molecule has 0 unspecified atom stereocenters. The first-order chi connectivity index (χ1) is 18.2. The van der Waals surface area contributed by atoms with Gasteiger partial charge in [0.05, 0.1) is 10.6 Å². The summed E-state index contributed by atoms with van der Waals surface area (Å²) in [6.45, 7) is 10.5. The Morgan fingerprint density at radius 2 is 1.54 bits per heavy atom. The Balaban J connectivity index is 2.06. The van der Waals surface area contributed by atoms with Crippen molar-refractivity contribution in [1.29, 1.82) is 0 Å². The second-order valence-electron chi connectivity index (χ2n) is 10.7. The van der Waals surface area contributed by atoms with Gasteiger partial charge in [0.15, 0.2) is 0 Å². The van der Waals surface area contributed by atoms with E-state index in [0.29, 0.717) is 10.7 Å². The molecule has 0 aromatic heterocycles. The zero-order chi connectivity index (χ0) is 29.0. The molecule has 0 saturated carbocycles. The zero-order valence-electron chi connectivity index (χ0n) is 23.2. The van der Waals surface area contributed by atoms with Gasteiger partial charge in [0.1, 0.15) is 12.6 Å². The van der Waals surface area contributed by atoms with Crippen LogP contribution in [0.3, 0.4) is 0 Å². The lowest BCUT2D eigenvalue weighted by atomic mass is 10.1. The molecule has 0 spiro atoms. The van der Waals surface area contributed by atoms with Crippen molar-refractivity contribution in [2.75, 3.05) is 10.8 Å². The second-order valence-corrected chi connectivity index (χ2v) is 13.0. The summed E-state index contributed by atoms with van der Waals surface area (Å²) in [5, 5.41) is 3.41. The highest BCUT2D eigenvalue weighted by atomic mass is 35.5. The lowest BCUT2D eigenvalue weighted by molar-refractivity contribution is -0.140. The molecular formula is C30H36ClN3O4S. The molecule has 3 aromatic rings. The Bertz CT molecular complexity index is 1420. The van der Waals surface area contributed by atoms with Crippen molar-refractivity contribution in [2.24, 2.45) is 0 Å². The van der Waals surface area contributed by atoms with Crippen LogP contribution in [0.2, 0.25) is 5.02 Å². The maximum absolute atomic E-state index is 14.0. The van der Waals surface area contributed by atoms with Gasteiger partial charge >= 0.3 is 0 Å². The van der Waals surface area contributed by atoms with E-state index in [4.69, 9.17) is 11.6 Å². The van der Waals surface area contributed by atoms with Crippen molar-refractivity contribution in [2.45, 2.75) is 64.6 Å². The molecule has 0 fully saturated rings. The Morgan fingerprint density at radius 1 is 0.923 bits per heavy atom. The molecule has 39 heavy (non-hydrogen) atoms. The number of amides is 2. The molecule has 0 heterocycles. The van der Waals surface area contributed by atoms with Crippen LogP contribution in [0.1, 0.15) is 44.4 Å². The molecule has 0 radical (unpaired) electrons. The number of nitrogens with zero attached hydrogens (tertiary/aromatic N) is 2. The highest BCUT2D eigenvalue weighted by molar-refractivity contribution is 7.92. The van der Waals surface area contributed by atoms with E-state index < -0.39 is 34.1 Å². The van der Waals surface area contributed by atoms with Crippen molar-refractivity contribution in [3.8, 4) is 0 Å². The molecule has 0 saturated heterocycles. The predicted molar refractivity (Wildman–Crippen MR) is 156 cm³/mol. The molecule has 0 aliphatic carbocycles. The summed E-state index contributed by atoms with van der Waals surface area (Å²) in [6, 6.07) is 19.5. The SMILES string of the molecule is Cc1cc(C)cc(N(CC(=O)N(Cc2cccc(Cl)c2)[C@H](C)C(=O)NC(C)(C)C)S(=O)(=O)c2ccccc2)c1. The quantitative estimate of drug-likeness (QED) is 0.369. The van der Waals surface area contributed by atoms with Gasteiger partial charge < -0.3 is 10.2 Å². The summed E-state index contributed by atoms with van der Waals surface area (Å²) in [5.41, 5.74) is 2.30. The van der Waals surface area contributed by atoms with E-state index in [2.05, 4.69) is 5.32 Å². The van der Waals surface area contributed by atoms with Crippen LogP contribution in [0.5, 0.6) is 0 Å². The van der Waals surface area contributed by atoms with Gasteiger partial charge in [-0.15, -0.1) is 0 Å². The van der Waals surface area contributed by atoms with Gasteiger partial charge in [-0.1, -0.05) is 48.0 Å². The van der Waals surface area contributed by atoms with E-state index in [-0.39, 0.29) is 17.3 Å². The molecule has 0 aliphatic rings. The first-order valence-electron chi connectivity index (χ1n) is 12.7.